The third-order valence-corrected chi connectivity index (χ3v) is 4.66. The van der Waals surface area contributed by atoms with Gasteiger partial charge in [-0.2, -0.15) is 4.31 Å². The molecule has 0 aliphatic rings. The zero-order valence-electron chi connectivity index (χ0n) is 12.4. The first kappa shape index (κ1) is 17.1. The van der Waals surface area contributed by atoms with Crippen molar-refractivity contribution in [2.24, 2.45) is 0 Å². The van der Waals surface area contributed by atoms with Crippen molar-refractivity contribution in [1.29, 1.82) is 0 Å². The highest BCUT2D eigenvalue weighted by molar-refractivity contribution is 7.89. The van der Waals surface area contributed by atoms with Crippen LogP contribution in [0.1, 0.15) is 10.4 Å². The molecule has 0 fully saturated rings. The molecule has 0 N–H and O–H groups in total. The zero-order chi connectivity index (χ0) is 16.2. The first-order chi connectivity index (χ1) is 9.70. The van der Waals surface area contributed by atoms with Crippen molar-refractivity contribution in [2.45, 2.75) is 4.90 Å². The number of likely N-dealkylation sites (N-methyl/N-ethyl adjacent to an activating group) is 2. The normalized spacial score (nSPS) is 11.3. The van der Waals surface area contributed by atoms with E-state index in [1.807, 2.05) is 0 Å². The highest BCUT2D eigenvalue weighted by atomic mass is 32.2. The Morgan fingerprint density at radius 3 is 2.05 bits per heavy atom. The monoisotopic (exact) mass is 314 g/mol. The van der Waals surface area contributed by atoms with E-state index in [2.05, 4.69) is 4.74 Å². The fourth-order valence-electron chi connectivity index (χ4n) is 1.48. The summed E-state index contributed by atoms with van der Waals surface area (Å²) in [6, 6.07) is 5.33. The summed E-state index contributed by atoms with van der Waals surface area (Å²) in [6.07, 6.45) is 0. The Labute approximate surface area is 124 Å². The Morgan fingerprint density at radius 1 is 1.10 bits per heavy atom. The Kier molecular flexibility index (Phi) is 5.45. The molecule has 0 saturated carbocycles. The molecule has 0 radical (unpaired) electrons. The average Bonchev–Trinajstić information content (AvgIpc) is 2.46. The van der Waals surface area contributed by atoms with Gasteiger partial charge in [0.2, 0.25) is 15.9 Å². The molecule has 1 aromatic rings. The summed E-state index contributed by atoms with van der Waals surface area (Å²) in [4.78, 5) is 24.2. The number of nitrogens with zero attached hydrogens (tertiary/aromatic N) is 2. The number of esters is 1. The molecule has 0 heterocycles. The maximum atomic E-state index is 12.3. The quantitative estimate of drug-likeness (QED) is 0.724. The van der Waals surface area contributed by atoms with Gasteiger partial charge in [0, 0.05) is 21.1 Å². The molecule has 0 aromatic heterocycles. The van der Waals surface area contributed by atoms with Gasteiger partial charge in [-0.05, 0) is 24.3 Å². The number of benzene rings is 1. The van der Waals surface area contributed by atoms with E-state index in [1.54, 1.807) is 14.1 Å². The lowest BCUT2D eigenvalue weighted by molar-refractivity contribution is -0.128. The van der Waals surface area contributed by atoms with Gasteiger partial charge in [0.05, 0.1) is 24.1 Å². The number of amides is 1. The molecule has 1 aromatic carbocycles. The van der Waals surface area contributed by atoms with Crippen molar-refractivity contribution in [2.75, 3.05) is 34.8 Å². The molecule has 8 heteroatoms. The third kappa shape index (κ3) is 4.02. The number of carbonyl (C=O) groups is 2. The number of ether oxygens (including phenoxy) is 1. The van der Waals surface area contributed by atoms with Gasteiger partial charge >= 0.3 is 5.97 Å². The summed E-state index contributed by atoms with van der Waals surface area (Å²) < 4.78 is 30.1. The number of hydrogen-bond acceptors (Lipinski definition) is 5. The van der Waals surface area contributed by atoms with Crippen LogP contribution in [0.4, 0.5) is 0 Å². The minimum Gasteiger partial charge on any atom is -0.465 e. The number of sulfonamides is 1. The van der Waals surface area contributed by atoms with E-state index in [4.69, 9.17) is 0 Å². The summed E-state index contributed by atoms with van der Waals surface area (Å²) in [6.45, 7) is -0.256. The van der Waals surface area contributed by atoms with Crippen LogP contribution in [0, 0.1) is 0 Å². The van der Waals surface area contributed by atoms with Crippen LogP contribution in [0.2, 0.25) is 0 Å². The molecule has 0 bridgehead atoms. The lowest BCUT2D eigenvalue weighted by Crippen LogP contribution is -2.37. The number of methoxy groups -OCH3 is 1. The van der Waals surface area contributed by atoms with E-state index in [0.717, 1.165) is 4.31 Å². The predicted molar refractivity (Wildman–Crippen MR) is 76.3 cm³/mol. The van der Waals surface area contributed by atoms with Crippen molar-refractivity contribution in [3.8, 4) is 0 Å². The molecule has 1 rings (SSSR count). The fourth-order valence-corrected chi connectivity index (χ4v) is 2.60. The molecule has 7 nitrogen and oxygen atoms in total. The Balaban J connectivity index is 2.97. The second-order valence-corrected chi connectivity index (χ2v) is 6.61. The lowest BCUT2D eigenvalue weighted by Gasteiger charge is -2.19. The number of rotatable bonds is 5. The van der Waals surface area contributed by atoms with Crippen molar-refractivity contribution < 1.29 is 22.7 Å². The molecule has 0 saturated heterocycles. The molecule has 0 unspecified atom stereocenters. The lowest BCUT2D eigenvalue weighted by atomic mass is 10.2. The van der Waals surface area contributed by atoms with Gasteiger partial charge in [0.1, 0.15) is 0 Å². The smallest absolute Gasteiger partial charge is 0.337 e. The molecular weight excluding hydrogens is 296 g/mol. The van der Waals surface area contributed by atoms with Gasteiger partial charge in [0.25, 0.3) is 0 Å². The van der Waals surface area contributed by atoms with E-state index in [-0.39, 0.29) is 22.9 Å². The van der Waals surface area contributed by atoms with Crippen LogP contribution in [0.3, 0.4) is 0 Å². The van der Waals surface area contributed by atoms with Crippen LogP contribution in [-0.4, -0.2) is 64.3 Å². The maximum absolute atomic E-state index is 12.3. The molecule has 0 aliphatic carbocycles. The van der Waals surface area contributed by atoms with Crippen molar-refractivity contribution in [3.05, 3.63) is 29.8 Å². The van der Waals surface area contributed by atoms with Crippen LogP contribution in [0.5, 0.6) is 0 Å². The van der Waals surface area contributed by atoms with E-state index >= 15 is 0 Å². The largest absolute Gasteiger partial charge is 0.465 e. The SMILES string of the molecule is COC(=O)c1ccc(S(=O)(=O)N(C)CC(=O)N(C)C)cc1. The van der Waals surface area contributed by atoms with E-state index < -0.39 is 16.0 Å². The molecule has 0 aliphatic heterocycles. The van der Waals surface area contributed by atoms with Crippen LogP contribution in [0.25, 0.3) is 0 Å². The minimum absolute atomic E-state index is 0.00390. The van der Waals surface area contributed by atoms with Crippen molar-refractivity contribution >= 4 is 21.9 Å². The zero-order valence-corrected chi connectivity index (χ0v) is 13.2. The summed E-state index contributed by atoms with van der Waals surface area (Å²) >= 11 is 0. The second-order valence-electron chi connectivity index (χ2n) is 4.57. The number of carbonyl (C=O) groups excluding carboxylic acids is 2. The Bertz CT molecular complexity index is 622. The topological polar surface area (TPSA) is 84.0 Å². The van der Waals surface area contributed by atoms with E-state index in [0.29, 0.717) is 0 Å². The van der Waals surface area contributed by atoms with Crippen LogP contribution in [-0.2, 0) is 19.6 Å². The fraction of sp³-hybridized carbons (Fsp3) is 0.385. The third-order valence-electron chi connectivity index (χ3n) is 2.84. The Morgan fingerprint density at radius 2 is 1.62 bits per heavy atom. The van der Waals surface area contributed by atoms with Gasteiger partial charge in [0.15, 0.2) is 0 Å². The summed E-state index contributed by atoms with van der Waals surface area (Å²) in [5, 5.41) is 0. The Hall–Kier alpha value is -1.93. The molecule has 21 heavy (non-hydrogen) atoms. The summed E-state index contributed by atoms with van der Waals surface area (Å²) in [5.74, 6) is -0.873. The molecule has 0 atom stereocenters. The van der Waals surface area contributed by atoms with Gasteiger partial charge < -0.3 is 9.64 Å². The predicted octanol–water partition coefficient (Wildman–Crippen LogP) is 0.182. The molecule has 0 spiro atoms. The van der Waals surface area contributed by atoms with E-state index in [1.165, 1.54) is 43.3 Å². The van der Waals surface area contributed by atoms with Crippen molar-refractivity contribution in [3.63, 3.8) is 0 Å². The average molecular weight is 314 g/mol. The summed E-state index contributed by atoms with van der Waals surface area (Å²) in [7, 11) is 1.88. The molecular formula is C13H18N2O5S. The van der Waals surface area contributed by atoms with Gasteiger partial charge in [-0.25, -0.2) is 13.2 Å². The standard InChI is InChI=1S/C13H18N2O5S/c1-14(2)12(16)9-15(3)21(18,19)11-7-5-10(6-8-11)13(17)20-4/h5-8H,9H2,1-4H3. The number of hydrogen-bond donors (Lipinski definition) is 0. The second kappa shape index (κ2) is 6.68. The van der Waals surface area contributed by atoms with Gasteiger partial charge in [-0.15, -0.1) is 0 Å². The molecule has 1 amide bonds. The van der Waals surface area contributed by atoms with Crippen LogP contribution in [0.15, 0.2) is 29.2 Å². The first-order valence-electron chi connectivity index (χ1n) is 6.05. The first-order valence-corrected chi connectivity index (χ1v) is 7.49. The van der Waals surface area contributed by atoms with Crippen molar-refractivity contribution in [1.82, 2.24) is 9.21 Å². The van der Waals surface area contributed by atoms with E-state index in [9.17, 15) is 18.0 Å². The minimum atomic E-state index is -3.78. The maximum Gasteiger partial charge on any atom is 0.337 e. The van der Waals surface area contributed by atoms with Gasteiger partial charge in [-0.3, -0.25) is 4.79 Å². The van der Waals surface area contributed by atoms with Gasteiger partial charge in [-0.1, -0.05) is 0 Å². The highest BCUT2D eigenvalue weighted by Crippen LogP contribution is 2.15. The summed E-state index contributed by atoms with van der Waals surface area (Å²) in [5.41, 5.74) is 0.253. The molecule has 116 valence electrons. The van der Waals surface area contributed by atoms with Crippen LogP contribution >= 0.6 is 0 Å². The highest BCUT2D eigenvalue weighted by Gasteiger charge is 2.23. The van der Waals surface area contributed by atoms with Crippen LogP contribution < -0.4 is 0 Å².